The fraction of sp³-hybridized carbons (Fsp3) is 0.0909. The average molecular weight is 256 g/mol. The fourth-order valence-corrected chi connectivity index (χ4v) is 1.24. The number of anilines is 1. The van der Waals surface area contributed by atoms with Crippen molar-refractivity contribution < 1.29 is 22.4 Å². The van der Waals surface area contributed by atoms with E-state index in [2.05, 4.69) is 10.3 Å². The van der Waals surface area contributed by atoms with Crippen LogP contribution in [0.15, 0.2) is 41.1 Å². The maximum atomic E-state index is 12.2. The Kier molecular flexibility index (Phi) is 3.05. The maximum absolute atomic E-state index is 12.2. The third-order valence-corrected chi connectivity index (χ3v) is 2.06. The van der Waals surface area contributed by atoms with Crippen LogP contribution in [-0.4, -0.2) is 10.9 Å². The smallest absolute Gasteiger partial charge is 0.433 e. The van der Waals surface area contributed by atoms with Crippen molar-refractivity contribution in [3.8, 4) is 0 Å². The van der Waals surface area contributed by atoms with Gasteiger partial charge in [-0.15, -0.1) is 0 Å². The van der Waals surface area contributed by atoms with E-state index < -0.39 is 17.8 Å². The van der Waals surface area contributed by atoms with Crippen molar-refractivity contribution in [3.63, 3.8) is 0 Å². The van der Waals surface area contributed by atoms with Crippen LogP contribution < -0.4 is 5.32 Å². The summed E-state index contributed by atoms with van der Waals surface area (Å²) in [5.41, 5.74) is -0.858. The van der Waals surface area contributed by atoms with Gasteiger partial charge < -0.3 is 9.73 Å². The van der Waals surface area contributed by atoms with Crippen molar-refractivity contribution >= 4 is 11.6 Å². The molecule has 0 aliphatic carbocycles. The molecule has 0 aromatic carbocycles. The van der Waals surface area contributed by atoms with Gasteiger partial charge >= 0.3 is 6.18 Å². The number of carbonyl (C=O) groups is 1. The van der Waals surface area contributed by atoms with Gasteiger partial charge in [0.25, 0.3) is 5.91 Å². The molecule has 1 amide bonds. The van der Waals surface area contributed by atoms with Crippen molar-refractivity contribution in [2.75, 3.05) is 5.32 Å². The molecule has 0 saturated heterocycles. The molecule has 0 fully saturated rings. The molecule has 0 aliphatic heterocycles. The zero-order chi connectivity index (χ0) is 13.2. The van der Waals surface area contributed by atoms with Crippen LogP contribution in [-0.2, 0) is 6.18 Å². The minimum Gasteiger partial charge on any atom is -0.459 e. The molecule has 7 heteroatoms. The second-order valence-electron chi connectivity index (χ2n) is 3.36. The third-order valence-electron chi connectivity index (χ3n) is 2.06. The second-order valence-corrected chi connectivity index (χ2v) is 3.36. The standard InChI is InChI=1S/C11H7F3N2O2/c12-11(13,14)9-4-3-7(6-15-9)16-10(17)8-2-1-5-18-8/h1-6H,(H,16,17). The first-order valence-electron chi connectivity index (χ1n) is 4.85. The molecule has 2 rings (SSSR count). The van der Waals surface area contributed by atoms with E-state index in [0.29, 0.717) is 0 Å². The van der Waals surface area contributed by atoms with E-state index in [9.17, 15) is 18.0 Å². The Morgan fingerprint density at radius 3 is 2.56 bits per heavy atom. The predicted molar refractivity (Wildman–Crippen MR) is 55.9 cm³/mol. The highest BCUT2D eigenvalue weighted by atomic mass is 19.4. The number of rotatable bonds is 2. The minimum atomic E-state index is -4.50. The number of nitrogens with zero attached hydrogens (tertiary/aromatic N) is 1. The van der Waals surface area contributed by atoms with E-state index in [-0.39, 0.29) is 11.4 Å². The van der Waals surface area contributed by atoms with Crippen LogP contribution in [0.25, 0.3) is 0 Å². The van der Waals surface area contributed by atoms with Crippen molar-refractivity contribution in [2.45, 2.75) is 6.18 Å². The van der Waals surface area contributed by atoms with Crippen molar-refractivity contribution in [1.29, 1.82) is 0 Å². The molecule has 0 saturated carbocycles. The first kappa shape index (κ1) is 12.2. The maximum Gasteiger partial charge on any atom is 0.433 e. The Labute approximate surface area is 99.4 Å². The van der Waals surface area contributed by atoms with Gasteiger partial charge in [-0.2, -0.15) is 13.2 Å². The number of amides is 1. The summed E-state index contributed by atoms with van der Waals surface area (Å²) in [4.78, 5) is 14.7. The summed E-state index contributed by atoms with van der Waals surface area (Å²) in [5, 5.41) is 2.36. The van der Waals surface area contributed by atoms with E-state index in [1.807, 2.05) is 0 Å². The number of nitrogens with one attached hydrogen (secondary N) is 1. The summed E-state index contributed by atoms with van der Waals surface area (Å²) >= 11 is 0. The fourth-order valence-electron chi connectivity index (χ4n) is 1.24. The van der Waals surface area contributed by atoms with Crippen molar-refractivity contribution in [2.24, 2.45) is 0 Å². The number of hydrogen-bond acceptors (Lipinski definition) is 3. The molecule has 4 nitrogen and oxygen atoms in total. The van der Waals surface area contributed by atoms with Gasteiger partial charge in [0.15, 0.2) is 5.76 Å². The van der Waals surface area contributed by atoms with Crippen LogP contribution in [0.4, 0.5) is 18.9 Å². The Hall–Kier alpha value is -2.31. The van der Waals surface area contributed by atoms with Gasteiger partial charge in [-0.25, -0.2) is 4.98 Å². The van der Waals surface area contributed by atoms with Gasteiger partial charge in [0.1, 0.15) is 5.69 Å². The molecule has 2 aromatic heterocycles. The Balaban J connectivity index is 2.09. The van der Waals surface area contributed by atoms with E-state index >= 15 is 0 Å². The number of pyridine rings is 1. The molecule has 0 radical (unpaired) electrons. The van der Waals surface area contributed by atoms with E-state index in [0.717, 1.165) is 18.3 Å². The third kappa shape index (κ3) is 2.68. The summed E-state index contributed by atoms with van der Waals surface area (Å²) in [7, 11) is 0. The number of halogens is 3. The Morgan fingerprint density at radius 1 is 1.28 bits per heavy atom. The number of aromatic nitrogens is 1. The normalized spacial score (nSPS) is 11.3. The van der Waals surface area contributed by atoms with Crippen molar-refractivity contribution in [1.82, 2.24) is 4.98 Å². The molecule has 0 bridgehead atoms. The molecule has 0 aliphatic rings. The highest BCUT2D eigenvalue weighted by Gasteiger charge is 2.32. The molecular weight excluding hydrogens is 249 g/mol. The first-order valence-corrected chi connectivity index (χ1v) is 4.85. The lowest BCUT2D eigenvalue weighted by Gasteiger charge is -2.06. The molecular formula is C11H7F3N2O2. The lowest BCUT2D eigenvalue weighted by molar-refractivity contribution is -0.141. The molecule has 0 atom stereocenters. The average Bonchev–Trinajstić information content (AvgIpc) is 2.82. The zero-order valence-corrected chi connectivity index (χ0v) is 8.86. The number of alkyl halides is 3. The number of furan rings is 1. The predicted octanol–water partition coefficient (Wildman–Crippen LogP) is 2.95. The van der Waals surface area contributed by atoms with Crippen LogP contribution in [0.2, 0.25) is 0 Å². The highest BCUT2D eigenvalue weighted by Crippen LogP contribution is 2.27. The van der Waals surface area contributed by atoms with Crippen LogP contribution in [0.3, 0.4) is 0 Å². The van der Waals surface area contributed by atoms with Crippen LogP contribution in [0, 0.1) is 0 Å². The molecule has 2 heterocycles. The molecule has 18 heavy (non-hydrogen) atoms. The molecule has 94 valence electrons. The van der Waals surface area contributed by atoms with Crippen LogP contribution in [0.1, 0.15) is 16.2 Å². The number of carbonyl (C=O) groups excluding carboxylic acids is 1. The summed E-state index contributed by atoms with van der Waals surface area (Å²) in [6, 6.07) is 4.88. The van der Waals surface area contributed by atoms with Crippen molar-refractivity contribution in [3.05, 3.63) is 48.2 Å². The minimum absolute atomic E-state index is 0.0647. The van der Waals surface area contributed by atoms with Crippen LogP contribution in [0.5, 0.6) is 0 Å². The molecule has 1 N–H and O–H groups in total. The lowest BCUT2D eigenvalue weighted by Crippen LogP contribution is -2.12. The summed E-state index contributed by atoms with van der Waals surface area (Å²) < 4.78 is 41.6. The van der Waals surface area contributed by atoms with E-state index in [1.54, 1.807) is 0 Å². The quantitative estimate of drug-likeness (QED) is 0.898. The summed E-state index contributed by atoms with van der Waals surface area (Å²) in [6.45, 7) is 0. The van der Waals surface area contributed by atoms with Gasteiger partial charge in [-0.05, 0) is 24.3 Å². The summed E-state index contributed by atoms with van der Waals surface area (Å²) in [5.74, 6) is -0.489. The molecule has 0 spiro atoms. The second kappa shape index (κ2) is 4.52. The highest BCUT2D eigenvalue weighted by molar-refractivity contribution is 6.02. The van der Waals surface area contributed by atoms with E-state index in [1.165, 1.54) is 18.4 Å². The SMILES string of the molecule is O=C(Nc1ccc(C(F)(F)F)nc1)c1ccco1. The molecule has 0 unspecified atom stereocenters. The Bertz CT molecular complexity index is 532. The topological polar surface area (TPSA) is 55.1 Å². The van der Waals surface area contributed by atoms with Gasteiger partial charge in [0.2, 0.25) is 0 Å². The monoisotopic (exact) mass is 256 g/mol. The largest absolute Gasteiger partial charge is 0.459 e. The van der Waals surface area contributed by atoms with Gasteiger partial charge in [0, 0.05) is 0 Å². The number of hydrogen-bond donors (Lipinski definition) is 1. The van der Waals surface area contributed by atoms with Gasteiger partial charge in [-0.3, -0.25) is 4.79 Å². The first-order chi connectivity index (χ1) is 8.47. The van der Waals surface area contributed by atoms with Gasteiger partial charge in [-0.1, -0.05) is 0 Å². The molecule has 2 aromatic rings. The zero-order valence-electron chi connectivity index (χ0n) is 8.86. The lowest BCUT2D eigenvalue weighted by atomic mass is 10.3. The van der Waals surface area contributed by atoms with Crippen LogP contribution >= 0.6 is 0 Å². The Morgan fingerprint density at radius 2 is 2.06 bits per heavy atom. The van der Waals surface area contributed by atoms with E-state index in [4.69, 9.17) is 4.42 Å². The van der Waals surface area contributed by atoms with Gasteiger partial charge in [0.05, 0.1) is 18.1 Å². The summed E-state index contributed by atoms with van der Waals surface area (Å²) in [6.07, 6.45) is -2.24.